The summed E-state index contributed by atoms with van der Waals surface area (Å²) in [6, 6.07) is 16.4. The number of hydrogen-bond acceptors (Lipinski definition) is 6. The monoisotopic (exact) mass is 467 g/mol. The van der Waals surface area contributed by atoms with Crippen LogP contribution in [-0.4, -0.2) is 41.2 Å². The molecule has 2 aromatic heterocycles. The first kappa shape index (κ1) is 22.8. The molecule has 1 N–H and O–H groups in total. The lowest BCUT2D eigenvalue weighted by Crippen LogP contribution is -2.19. The van der Waals surface area contributed by atoms with Crippen molar-refractivity contribution in [1.29, 1.82) is 0 Å². The number of H-pyrrole nitrogens is 1. The van der Waals surface area contributed by atoms with Gasteiger partial charge in [-0.05, 0) is 41.7 Å². The van der Waals surface area contributed by atoms with Gasteiger partial charge in [0, 0.05) is 17.9 Å². The fraction of sp³-hybridized carbons (Fsp3) is 0.333. The highest BCUT2D eigenvalue weighted by molar-refractivity contribution is 5.94. The van der Waals surface area contributed by atoms with E-state index in [0.717, 1.165) is 53.8 Å². The molecule has 1 aliphatic rings. The molecule has 1 aliphatic carbocycles. The molecule has 0 bridgehead atoms. The Bertz CT molecular complexity index is 1300. The molecule has 0 aliphatic heterocycles. The van der Waals surface area contributed by atoms with Gasteiger partial charge >= 0.3 is 0 Å². The maximum Gasteiger partial charge on any atom is 0.217 e. The van der Waals surface area contributed by atoms with Gasteiger partial charge in [0.05, 0.1) is 6.54 Å². The Morgan fingerprint density at radius 3 is 2.54 bits per heavy atom. The van der Waals surface area contributed by atoms with Gasteiger partial charge in [-0.3, -0.25) is 4.79 Å². The number of ketones is 1. The van der Waals surface area contributed by atoms with Crippen LogP contribution in [0.25, 0.3) is 22.5 Å². The molecule has 0 spiro atoms. The second-order valence-corrected chi connectivity index (χ2v) is 8.96. The molecule has 2 heterocycles. The molecule has 178 valence electrons. The van der Waals surface area contributed by atoms with E-state index in [1.165, 1.54) is 6.42 Å². The molecule has 0 unspecified atom stereocenters. The second-order valence-electron chi connectivity index (χ2n) is 8.96. The zero-order chi connectivity index (χ0) is 24.0. The number of carbonyl (C=O) groups excluding carboxylic acids is 1. The smallest absolute Gasteiger partial charge is 0.217 e. The Kier molecular flexibility index (Phi) is 6.88. The Labute approximate surface area is 204 Å². The molecule has 8 nitrogen and oxygen atoms in total. The van der Waals surface area contributed by atoms with Gasteiger partial charge in [0.15, 0.2) is 0 Å². The summed E-state index contributed by atoms with van der Waals surface area (Å²) < 4.78 is 1.86. The third-order valence-corrected chi connectivity index (χ3v) is 6.60. The first-order valence-electron chi connectivity index (χ1n) is 12.2. The first-order valence-corrected chi connectivity index (χ1v) is 12.2. The Hall–Kier alpha value is -3.94. The van der Waals surface area contributed by atoms with E-state index in [-0.39, 0.29) is 11.7 Å². The highest BCUT2D eigenvalue weighted by atomic mass is 16.1. The van der Waals surface area contributed by atoms with Crippen molar-refractivity contribution in [2.24, 2.45) is 5.92 Å². The SMILES string of the molecule is CC=CCn1nc(C(=O)C2CCCCC2)nc1Cc1ccc(-c2ccccc2-c2nn[nH]n2)cc1. The summed E-state index contributed by atoms with van der Waals surface area (Å²) in [5.74, 6) is 1.90. The minimum absolute atomic E-state index is 0.0627. The average Bonchev–Trinajstić information content (AvgIpc) is 3.59. The highest BCUT2D eigenvalue weighted by Gasteiger charge is 2.26. The molecular formula is C27H29N7O. The molecule has 4 aromatic rings. The van der Waals surface area contributed by atoms with E-state index in [1.54, 1.807) is 0 Å². The van der Waals surface area contributed by atoms with E-state index < -0.39 is 0 Å². The van der Waals surface area contributed by atoms with Crippen LogP contribution >= 0.6 is 0 Å². The summed E-state index contributed by atoms with van der Waals surface area (Å²) in [4.78, 5) is 17.8. The van der Waals surface area contributed by atoms with Gasteiger partial charge in [-0.1, -0.05) is 79.9 Å². The van der Waals surface area contributed by atoms with Crippen LogP contribution in [0.3, 0.4) is 0 Å². The number of hydrogen-bond donors (Lipinski definition) is 1. The lowest BCUT2D eigenvalue weighted by Gasteiger charge is -2.18. The van der Waals surface area contributed by atoms with Crippen molar-refractivity contribution in [2.45, 2.75) is 52.0 Å². The summed E-state index contributed by atoms with van der Waals surface area (Å²) in [6.07, 6.45) is 9.97. The van der Waals surface area contributed by atoms with Crippen molar-refractivity contribution < 1.29 is 4.79 Å². The molecular weight excluding hydrogens is 438 g/mol. The van der Waals surface area contributed by atoms with Crippen LogP contribution in [-0.2, 0) is 13.0 Å². The number of nitrogens with zero attached hydrogens (tertiary/aromatic N) is 6. The van der Waals surface area contributed by atoms with Gasteiger partial charge in [-0.15, -0.1) is 15.3 Å². The third kappa shape index (κ3) is 5.11. The number of allylic oxidation sites excluding steroid dienone is 2. The minimum atomic E-state index is 0.0627. The summed E-state index contributed by atoms with van der Waals surface area (Å²) in [7, 11) is 0. The van der Waals surface area contributed by atoms with Crippen LogP contribution in [0, 0.1) is 5.92 Å². The van der Waals surface area contributed by atoms with Crippen molar-refractivity contribution in [3.05, 3.63) is 77.9 Å². The van der Waals surface area contributed by atoms with Gasteiger partial charge in [0.2, 0.25) is 17.4 Å². The fourth-order valence-electron chi connectivity index (χ4n) is 4.70. The average molecular weight is 468 g/mol. The fourth-order valence-corrected chi connectivity index (χ4v) is 4.70. The third-order valence-electron chi connectivity index (χ3n) is 6.60. The van der Waals surface area contributed by atoms with E-state index in [9.17, 15) is 4.79 Å². The van der Waals surface area contributed by atoms with Crippen LogP contribution in [0.4, 0.5) is 0 Å². The van der Waals surface area contributed by atoms with E-state index in [2.05, 4.69) is 56.1 Å². The number of aromatic nitrogens is 7. The lowest BCUT2D eigenvalue weighted by molar-refractivity contribution is 0.0878. The van der Waals surface area contributed by atoms with E-state index in [1.807, 2.05) is 42.0 Å². The van der Waals surface area contributed by atoms with Crippen molar-refractivity contribution in [1.82, 2.24) is 35.4 Å². The number of carbonyl (C=O) groups is 1. The molecule has 0 saturated heterocycles. The summed E-state index contributed by atoms with van der Waals surface area (Å²) >= 11 is 0. The molecule has 2 aromatic carbocycles. The van der Waals surface area contributed by atoms with Gasteiger partial charge in [0.1, 0.15) is 5.82 Å². The Morgan fingerprint density at radius 1 is 1.06 bits per heavy atom. The first-order chi connectivity index (χ1) is 17.2. The van der Waals surface area contributed by atoms with Crippen LogP contribution in [0.1, 0.15) is 61.0 Å². The molecule has 8 heteroatoms. The topological polar surface area (TPSA) is 102 Å². The van der Waals surface area contributed by atoms with Gasteiger partial charge in [-0.2, -0.15) is 5.21 Å². The van der Waals surface area contributed by atoms with Crippen molar-refractivity contribution in [2.75, 3.05) is 0 Å². The molecule has 35 heavy (non-hydrogen) atoms. The zero-order valence-corrected chi connectivity index (χ0v) is 19.9. The molecule has 0 amide bonds. The molecule has 1 saturated carbocycles. The largest absolute Gasteiger partial charge is 0.290 e. The van der Waals surface area contributed by atoms with Crippen molar-refractivity contribution >= 4 is 5.78 Å². The maximum atomic E-state index is 13.0. The second kappa shape index (κ2) is 10.5. The van der Waals surface area contributed by atoms with Crippen LogP contribution < -0.4 is 0 Å². The van der Waals surface area contributed by atoms with Gasteiger partial charge in [-0.25, -0.2) is 9.67 Å². The molecule has 0 radical (unpaired) electrons. The molecule has 5 rings (SSSR count). The van der Waals surface area contributed by atoms with Crippen LogP contribution in [0.15, 0.2) is 60.7 Å². The normalized spacial score (nSPS) is 14.5. The number of Topliss-reactive ketones (excluding diaryl/α,β-unsaturated/α-hetero) is 1. The van der Waals surface area contributed by atoms with Crippen LogP contribution in [0.5, 0.6) is 0 Å². The van der Waals surface area contributed by atoms with Gasteiger partial charge in [0.25, 0.3) is 0 Å². The lowest BCUT2D eigenvalue weighted by atomic mass is 9.86. The highest BCUT2D eigenvalue weighted by Crippen LogP contribution is 2.30. The summed E-state index contributed by atoms with van der Waals surface area (Å²) in [5.41, 5.74) is 4.14. The molecule has 0 atom stereocenters. The maximum absolute atomic E-state index is 13.0. The van der Waals surface area contributed by atoms with Crippen molar-refractivity contribution in [3.63, 3.8) is 0 Å². The van der Waals surface area contributed by atoms with Crippen LogP contribution in [0.2, 0.25) is 0 Å². The standard InChI is InChI=1S/C27H29N7O/c1-2-3-17-34-24(28-27(31-34)25(35)21-9-5-4-6-10-21)18-19-13-15-20(16-14-19)22-11-7-8-12-23(22)26-29-32-33-30-26/h2-3,7-8,11-16,21H,4-6,9-10,17-18H2,1H3,(H,29,30,32,33). The van der Waals surface area contributed by atoms with E-state index >= 15 is 0 Å². The molecule has 1 fully saturated rings. The van der Waals surface area contributed by atoms with Crippen molar-refractivity contribution in [3.8, 4) is 22.5 Å². The zero-order valence-electron chi connectivity index (χ0n) is 19.9. The van der Waals surface area contributed by atoms with E-state index in [0.29, 0.717) is 24.6 Å². The Balaban J connectivity index is 1.38. The summed E-state index contributed by atoms with van der Waals surface area (Å²) in [6.45, 7) is 2.59. The van der Waals surface area contributed by atoms with Gasteiger partial charge < -0.3 is 0 Å². The Morgan fingerprint density at radius 2 is 1.83 bits per heavy atom. The number of tetrazole rings is 1. The number of rotatable bonds is 8. The minimum Gasteiger partial charge on any atom is -0.290 e. The predicted molar refractivity (Wildman–Crippen MR) is 134 cm³/mol. The number of aromatic amines is 1. The van der Waals surface area contributed by atoms with E-state index in [4.69, 9.17) is 4.98 Å². The summed E-state index contributed by atoms with van der Waals surface area (Å²) in [5, 5.41) is 19.1. The predicted octanol–water partition coefficient (Wildman–Crippen LogP) is 5.06. The number of nitrogens with one attached hydrogen (secondary N) is 1. The quantitative estimate of drug-likeness (QED) is 0.287. The number of benzene rings is 2.